The van der Waals surface area contributed by atoms with Gasteiger partial charge in [0.15, 0.2) is 11.6 Å². The van der Waals surface area contributed by atoms with Gasteiger partial charge in [0.05, 0.1) is 95.2 Å². The number of carbonyl (C=O) groups excluding carboxylic acids is 2. The highest BCUT2D eigenvalue weighted by Gasteiger charge is 2.39. The molecule has 4 atom stereocenters. The number of hydrogen-bond donors (Lipinski definition) is 4. The molecule has 4 unspecified atom stereocenters. The molecule has 4 aliphatic heterocycles. The first-order chi connectivity index (χ1) is 39.3. The lowest BCUT2D eigenvalue weighted by atomic mass is 9.80. The van der Waals surface area contributed by atoms with Gasteiger partial charge in [-0.25, -0.2) is 0 Å². The molecule has 11 rings (SSSR count). The van der Waals surface area contributed by atoms with E-state index in [1.807, 2.05) is 72.8 Å². The molecule has 5 aliphatic rings. The minimum Gasteiger partial charge on any atom is -0.383 e. The van der Waals surface area contributed by atoms with Crippen molar-refractivity contribution >= 4 is 34.3 Å². The number of nitriles is 4. The molecule has 4 N–H and O–H groups in total. The summed E-state index contributed by atoms with van der Waals surface area (Å²) in [6.07, 6.45) is -1.21. The van der Waals surface area contributed by atoms with Gasteiger partial charge < -0.3 is 40.2 Å². The van der Waals surface area contributed by atoms with Gasteiger partial charge >= 0.3 is 0 Å². The van der Waals surface area contributed by atoms with Crippen LogP contribution in [-0.2, 0) is 18.9 Å². The van der Waals surface area contributed by atoms with Crippen LogP contribution in [0.15, 0.2) is 121 Å². The maximum Gasteiger partial charge on any atom is 0.198 e. The van der Waals surface area contributed by atoms with Crippen LogP contribution >= 0.6 is 0 Å². The normalized spacial score (nSPS) is 20.1. The fourth-order valence-electron chi connectivity index (χ4n) is 11.4. The number of nitrogens with one attached hydrogen (secondary N) is 4. The lowest BCUT2D eigenvalue weighted by Crippen LogP contribution is -2.33. The number of nitrogens with zero attached hydrogens (tertiary/aromatic N) is 8. The second-order valence-electron chi connectivity index (χ2n) is 20.2. The smallest absolute Gasteiger partial charge is 0.198 e. The monoisotopic (exact) mass is 1070 g/mol. The number of anilines is 4. The number of carbonyl (C=O) groups is 2. The molecule has 80 heavy (non-hydrogen) atoms. The summed E-state index contributed by atoms with van der Waals surface area (Å²) < 4.78 is 24.7. The SMILES string of the molecule is N#Cc1ccc(C2OCCN2CCNc2ccc(NCCN3CCOC3c3ccc(C#N)cc3)c3c2C(=O)c2c(NCCN4CCOC4c4ccc(C#N)cc4)ccc(NCCN4CCOC4c4ccc(C#N)cc4)c2C3=O)cc1. The zero-order chi connectivity index (χ0) is 55.0. The molecule has 0 spiro atoms. The molecule has 0 amide bonds. The molecule has 404 valence electrons. The van der Waals surface area contributed by atoms with E-state index in [0.717, 1.165) is 22.3 Å². The van der Waals surface area contributed by atoms with E-state index < -0.39 is 0 Å². The molecule has 6 aromatic carbocycles. The third kappa shape index (κ3) is 11.4. The van der Waals surface area contributed by atoms with Crippen LogP contribution < -0.4 is 21.3 Å². The van der Waals surface area contributed by atoms with E-state index in [1.165, 1.54) is 0 Å². The van der Waals surface area contributed by atoms with Gasteiger partial charge in [-0.3, -0.25) is 29.2 Å². The van der Waals surface area contributed by atoms with Crippen molar-refractivity contribution in [3.05, 3.63) is 188 Å². The maximum absolute atomic E-state index is 15.8. The van der Waals surface area contributed by atoms with Crippen LogP contribution in [0.1, 0.15) is 101 Å². The van der Waals surface area contributed by atoms with Gasteiger partial charge in [0, 0.05) is 101 Å². The van der Waals surface area contributed by atoms with Crippen LogP contribution in [0.4, 0.5) is 22.7 Å². The van der Waals surface area contributed by atoms with Crippen LogP contribution in [0.2, 0.25) is 0 Å². The zero-order valence-electron chi connectivity index (χ0n) is 44.2. The van der Waals surface area contributed by atoms with Gasteiger partial charge in [-0.05, 0) is 95.1 Å². The van der Waals surface area contributed by atoms with Crippen molar-refractivity contribution in [2.75, 3.05) is 126 Å². The summed E-state index contributed by atoms with van der Waals surface area (Å²) in [6, 6.07) is 45.9. The van der Waals surface area contributed by atoms with Crippen LogP contribution in [0.25, 0.3) is 0 Å². The highest BCUT2D eigenvalue weighted by atomic mass is 16.5. The molecule has 0 bridgehead atoms. The van der Waals surface area contributed by atoms with Crippen LogP contribution in [0, 0.1) is 45.3 Å². The predicted octanol–water partition coefficient (Wildman–Crippen LogP) is 7.72. The van der Waals surface area contributed by atoms with Crippen molar-refractivity contribution in [2.24, 2.45) is 0 Å². The first-order valence-electron chi connectivity index (χ1n) is 27.1. The van der Waals surface area contributed by atoms with E-state index in [-0.39, 0.29) is 58.7 Å². The summed E-state index contributed by atoms with van der Waals surface area (Å²) in [5.74, 6) is -0.594. The predicted molar refractivity (Wildman–Crippen MR) is 299 cm³/mol. The van der Waals surface area contributed by atoms with Crippen molar-refractivity contribution < 1.29 is 28.5 Å². The van der Waals surface area contributed by atoms with Crippen molar-refractivity contribution in [2.45, 2.75) is 24.9 Å². The van der Waals surface area contributed by atoms with Gasteiger partial charge in [0.1, 0.15) is 24.9 Å². The summed E-state index contributed by atoms with van der Waals surface area (Å²) >= 11 is 0. The van der Waals surface area contributed by atoms with Crippen molar-refractivity contribution in [3.8, 4) is 24.3 Å². The Morgan fingerprint density at radius 1 is 0.350 bits per heavy atom. The highest BCUT2D eigenvalue weighted by molar-refractivity contribution is 6.35. The van der Waals surface area contributed by atoms with Gasteiger partial charge in [0.2, 0.25) is 0 Å². The Morgan fingerprint density at radius 2 is 0.562 bits per heavy atom. The Morgan fingerprint density at radius 3 is 0.762 bits per heavy atom. The molecule has 4 saturated heterocycles. The molecule has 4 heterocycles. The van der Waals surface area contributed by atoms with E-state index in [9.17, 15) is 21.0 Å². The number of benzene rings is 6. The van der Waals surface area contributed by atoms with Gasteiger partial charge in [-0.15, -0.1) is 0 Å². The minimum absolute atomic E-state index is 0.280. The Bertz CT molecular complexity index is 2960. The molecule has 0 saturated carbocycles. The van der Waals surface area contributed by atoms with E-state index in [4.69, 9.17) is 18.9 Å². The topological polar surface area (TPSA) is 227 Å². The fourth-order valence-corrected chi connectivity index (χ4v) is 11.4. The molecule has 18 heteroatoms. The molecule has 18 nitrogen and oxygen atoms in total. The average molecular weight is 1070 g/mol. The molecule has 6 aromatic rings. The zero-order valence-corrected chi connectivity index (χ0v) is 44.2. The number of ketones is 2. The van der Waals surface area contributed by atoms with Crippen molar-refractivity contribution in [1.29, 1.82) is 21.0 Å². The molecule has 0 aromatic heterocycles. The number of ether oxygens (including phenoxy) is 4. The van der Waals surface area contributed by atoms with Gasteiger partial charge in [0.25, 0.3) is 0 Å². The summed E-state index contributed by atoms with van der Waals surface area (Å²) in [5.41, 5.74) is 9.32. The van der Waals surface area contributed by atoms with E-state index >= 15 is 9.59 Å². The summed E-state index contributed by atoms with van der Waals surface area (Å²) in [6.45, 7) is 8.92. The number of hydrogen-bond acceptors (Lipinski definition) is 18. The highest BCUT2D eigenvalue weighted by Crippen LogP contribution is 2.43. The van der Waals surface area contributed by atoms with E-state index in [2.05, 4.69) is 65.1 Å². The largest absolute Gasteiger partial charge is 0.383 e. The van der Waals surface area contributed by atoms with E-state index in [1.54, 1.807) is 48.5 Å². The Kier molecular flexibility index (Phi) is 16.5. The van der Waals surface area contributed by atoms with Crippen molar-refractivity contribution in [1.82, 2.24) is 19.6 Å². The third-order valence-electron chi connectivity index (χ3n) is 15.4. The standard InChI is InChI=1S/C62H60N12O6/c63-37-41-1-9-45(10-2-41)59-71(29-33-77-59)25-21-67-49-17-18-50(68-22-26-72-30-34-78-60(72)46-11-3-42(38-64)4-12-46)54-53(49)57(75)55-51(69-23-27-73-31-35-79-61(73)47-13-5-43(39-65)6-14-47)19-20-52(56(55)58(54)76)70-24-28-74-32-36-80-62(74)48-15-7-44(40-66)8-16-48/h1-20,59-62,67-70H,21-36H2. The summed E-state index contributed by atoms with van der Waals surface area (Å²) in [5, 5.41) is 51.9. The third-order valence-corrected chi connectivity index (χ3v) is 15.4. The Labute approximate surface area is 465 Å². The quantitative estimate of drug-likeness (QED) is 0.0573. The Balaban J connectivity index is 0.890. The van der Waals surface area contributed by atoms with Gasteiger partial charge in [-0.2, -0.15) is 21.0 Å². The van der Waals surface area contributed by atoms with Crippen LogP contribution in [-0.4, -0.2) is 136 Å². The molecule has 1 aliphatic carbocycles. The molecule has 4 fully saturated rings. The summed E-state index contributed by atoms with van der Waals surface area (Å²) in [7, 11) is 0. The van der Waals surface area contributed by atoms with Crippen LogP contribution in [0.3, 0.4) is 0 Å². The maximum atomic E-state index is 15.8. The molecular weight excluding hydrogens is 1010 g/mol. The molecule has 0 radical (unpaired) electrons. The Hall–Kier alpha value is -8.50. The minimum atomic E-state index is -0.302. The van der Waals surface area contributed by atoms with Crippen LogP contribution in [0.5, 0.6) is 0 Å². The molecular formula is C62H60N12O6. The van der Waals surface area contributed by atoms with Crippen molar-refractivity contribution in [3.63, 3.8) is 0 Å². The average Bonchev–Trinajstić information content (AvgIpc) is 4.43. The van der Waals surface area contributed by atoms with Gasteiger partial charge in [-0.1, -0.05) is 48.5 Å². The van der Waals surface area contributed by atoms with E-state index in [0.29, 0.717) is 150 Å². The lowest BCUT2D eigenvalue weighted by Gasteiger charge is -2.29. The first-order valence-corrected chi connectivity index (χ1v) is 27.1. The number of rotatable bonds is 20. The lowest BCUT2D eigenvalue weighted by molar-refractivity contribution is 0.0346. The second kappa shape index (κ2) is 24.7. The second-order valence-corrected chi connectivity index (χ2v) is 20.2. The first kappa shape index (κ1) is 53.5. The fraction of sp³-hybridized carbons (Fsp3) is 0.323. The summed E-state index contributed by atoms with van der Waals surface area (Å²) in [4.78, 5) is 40.4. The number of fused-ring (bicyclic) bond motifs is 2.